The van der Waals surface area contributed by atoms with Gasteiger partial charge in [0.15, 0.2) is 0 Å². The number of anilines is 1. The van der Waals surface area contributed by atoms with Crippen molar-refractivity contribution in [1.82, 2.24) is 0 Å². The van der Waals surface area contributed by atoms with Gasteiger partial charge in [-0.15, -0.1) is 0 Å². The second-order valence-electron chi connectivity index (χ2n) is 5.01. The van der Waals surface area contributed by atoms with E-state index in [0.29, 0.717) is 0 Å². The van der Waals surface area contributed by atoms with E-state index in [9.17, 15) is 4.39 Å². The number of nitrogens with zero attached hydrogens (tertiary/aromatic N) is 1. The molecule has 0 fully saturated rings. The third kappa shape index (κ3) is 4.55. The molecule has 2 N–H and O–H groups in total. The van der Waals surface area contributed by atoms with Gasteiger partial charge in [-0.2, -0.15) is 0 Å². The van der Waals surface area contributed by atoms with Gasteiger partial charge >= 0.3 is 0 Å². The van der Waals surface area contributed by atoms with Crippen LogP contribution in [-0.2, 0) is 0 Å². The van der Waals surface area contributed by atoms with Crippen molar-refractivity contribution in [3.8, 4) is 0 Å². The molecule has 4 heteroatoms. The highest BCUT2D eigenvalue weighted by atomic mass is 79.9. The molecule has 0 saturated carbocycles. The molecule has 0 aromatic heterocycles. The van der Waals surface area contributed by atoms with Crippen molar-refractivity contribution >= 4 is 21.6 Å². The molecule has 0 bridgehead atoms. The molecule has 2 nitrogen and oxygen atoms in total. The van der Waals surface area contributed by atoms with Gasteiger partial charge in [-0.1, -0.05) is 34.1 Å². The highest BCUT2D eigenvalue weighted by molar-refractivity contribution is 9.10. The van der Waals surface area contributed by atoms with Crippen LogP contribution in [0, 0.1) is 5.82 Å². The minimum atomic E-state index is -0.206. The maximum Gasteiger partial charge on any atom is 0.125 e. The Bertz CT molecular complexity index is 589. The minimum absolute atomic E-state index is 0.0230. The lowest BCUT2D eigenvalue weighted by Gasteiger charge is -2.25. The predicted molar refractivity (Wildman–Crippen MR) is 90.0 cm³/mol. The van der Waals surface area contributed by atoms with Gasteiger partial charge in [0.1, 0.15) is 5.82 Å². The topological polar surface area (TPSA) is 29.3 Å². The average molecular weight is 351 g/mol. The van der Waals surface area contributed by atoms with Crippen LogP contribution in [0.2, 0.25) is 0 Å². The third-order valence-electron chi connectivity index (χ3n) is 3.54. The summed E-state index contributed by atoms with van der Waals surface area (Å²) in [5.74, 6) is -0.206. The smallest absolute Gasteiger partial charge is 0.125 e. The molecule has 0 amide bonds. The van der Waals surface area contributed by atoms with Crippen molar-refractivity contribution < 1.29 is 4.39 Å². The molecule has 0 heterocycles. The van der Waals surface area contributed by atoms with Gasteiger partial charge in [0.25, 0.3) is 0 Å². The van der Waals surface area contributed by atoms with Crippen LogP contribution < -0.4 is 10.6 Å². The fourth-order valence-electron chi connectivity index (χ4n) is 2.34. The van der Waals surface area contributed by atoms with E-state index in [-0.39, 0.29) is 11.9 Å². The summed E-state index contributed by atoms with van der Waals surface area (Å²) in [6.45, 7) is 3.69. The molecule has 0 spiro atoms. The summed E-state index contributed by atoms with van der Waals surface area (Å²) >= 11 is 3.46. The molecular formula is C17H20BrFN2. The van der Waals surface area contributed by atoms with Crippen LogP contribution in [0.5, 0.6) is 0 Å². The molecule has 2 aromatic carbocycles. The lowest BCUT2D eigenvalue weighted by Crippen LogP contribution is -2.27. The Hall–Kier alpha value is -1.39. The van der Waals surface area contributed by atoms with Crippen LogP contribution in [0.15, 0.2) is 53.0 Å². The molecule has 0 aliphatic heterocycles. The number of halogens is 2. The zero-order chi connectivity index (χ0) is 15.2. The van der Waals surface area contributed by atoms with Crippen molar-refractivity contribution in [1.29, 1.82) is 0 Å². The van der Waals surface area contributed by atoms with Crippen molar-refractivity contribution in [2.45, 2.75) is 19.4 Å². The molecule has 1 unspecified atom stereocenters. The SMILES string of the molecule is CCN(CCC(N)c1cccc(Br)c1)c1cccc(F)c1. The number of hydrogen-bond donors (Lipinski definition) is 1. The maximum atomic E-state index is 13.3. The Kier molecular flexibility index (Phi) is 5.76. The van der Waals surface area contributed by atoms with Gasteiger partial charge in [0.05, 0.1) is 0 Å². The van der Waals surface area contributed by atoms with Crippen LogP contribution in [0.25, 0.3) is 0 Å². The van der Waals surface area contributed by atoms with E-state index < -0.39 is 0 Å². The molecule has 0 radical (unpaired) electrons. The average Bonchev–Trinajstić information content (AvgIpc) is 2.48. The first-order valence-electron chi connectivity index (χ1n) is 7.11. The van der Waals surface area contributed by atoms with Gasteiger partial charge in [0.2, 0.25) is 0 Å². The standard InChI is InChI=1S/C17H20BrFN2/c1-2-21(16-8-4-7-15(19)12-16)10-9-17(20)13-5-3-6-14(18)11-13/h3-8,11-12,17H,2,9-10,20H2,1H3. The van der Waals surface area contributed by atoms with E-state index >= 15 is 0 Å². The summed E-state index contributed by atoms with van der Waals surface area (Å²) in [7, 11) is 0. The second-order valence-corrected chi connectivity index (χ2v) is 5.93. The maximum absolute atomic E-state index is 13.3. The fraction of sp³-hybridized carbons (Fsp3) is 0.294. The molecule has 0 aliphatic rings. The van der Waals surface area contributed by atoms with Crippen molar-refractivity contribution in [3.63, 3.8) is 0 Å². The monoisotopic (exact) mass is 350 g/mol. The van der Waals surface area contributed by atoms with Gasteiger partial charge < -0.3 is 10.6 Å². The summed E-state index contributed by atoms with van der Waals surface area (Å²) in [5, 5.41) is 0. The normalized spacial score (nSPS) is 12.2. The zero-order valence-electron chi connectivity index (χ0n) is 12.1. The molecular weight excluding hydrogens is 331 g/mol. The quantitative estimate of drug-likeness (QED) is 0.830. The molecule has 1 atom stereocenters. The van der Waals surface area contributed by atoms with Crippen molar-refractivity contribution in [2.75, 3.05) is 18.0 Å². The lowest BCUT2D eigenvalue weighted by atomic mass is 10.0. The zero-order valence-corrected chi connectivity index (χ0v) is 13.7. The molecule has 2 aromatic rings. The van der Waals surface area contributed by atoms with E-state index in [1.807, 2.05) is 30.3 Å². The first kappa shape index (κ1) is 16.0. The van der Waals surface area contributed by atoms with Crippen LogP contribution in [0.4, 0.5) is 10.1 Å². The first-order valence-corrected chi connectivity index (χ1v) is 7.91. The number of hydrogen-bond acceptors (Lipinski definition) is 2. The van der Waals surface area contributed by atoms with Crippen molar-refractivity contribution in [3.05, 3.63) is 64.4 Å². The highest BCUT2D eigenvalue weighted by Gasteiger charge is 2.10. The van der Waals surface area contributed by atoms with Crippen molar-refractivity contribution in [2.24, 2.45) is 5.73 Å². The van der Waals surface area contributed by atoms with Gasteiger partial charge in [0, 0.05) is 29.3 Å². The largest absolute Gasteiger partial charge is 0.372 e. The molecule has 2 rings (SSSR count). The summed E-state index contributed by atoms with van der Waals surface area (Å²) < 4.78 is 14.4. The van der Waals surface area contributed by atoms with Gasteiger partial charge in [-0.25, -0.2) is 4.39 Å². The second kappa shape index (κ2) is 7.57. The van der Waals surface area contributed by atoms with Crippen LogP contribution in [0.1, 0.15) is 24.9 Å². The van der Waals surface area contributed by atoms with Crippen LogP contribution in [0.3, 0.4) is 0 Å². The third-order valence-corrected chi connectivity index (χ3v) is 4.04. The Morgan fingerprint density at radius 2 is 1.95 bits per heavy atom. The van der Waals surface area contributed by atoms with E-state index in [4.69, 9.17) is 5.73 Å². The predicted octanol–water partition coefficient (Wildman–Crippen LogP) is 4.50. The Morgan fingerprint density at radius 3 is 2.62 bits per heavy atom. The van der Waals surface area contributed by atoms with Crippen LogP contribution >= 0.6 is 15.9 Å². The van der Waals surface area contributed by atoms with Gasteiger partial charge in [-0.05, 0) is 49.2 Å². The molecule has 0 saturated heterocycles. The lowest BCUT2D eigenvalue weighted by molar-refractivity contribution is 0.618. The Labute approximate surface area is 133 Å². The Morgan fingerprint density at radius 1 is 1.19 bits per heavy atom. The molecule has 112 valence electrons. The van der Waals surface area contributed by atoms with Gasteiger partial charge in [-0.3, -0.25) is 0 Å². The van der Waals surface area contributed by atoms with E-state index in [1.54, 1.807) is 12.1 Å². The summed E-state index contributed by atoms with van der Waals surface area (Å²) in [6.07, 6.45) is 0.820. The number of rotatable bonds is 6. The molecule has 21 heavy (non-hydrogen) atoms. The minimum Gasteiger partial charge on any atom is -0.372 e. The fourth-order valence-corrected chi connectivity index (χ4v) is 2.76. The summed E-state index contributed by atoms with van der Waals surface area (Å²) in [4.78, 5) is 2.14. The summed E-state index contributed by atoms with van der Waals surface area (Å²) in [6, 6.07) is 14.7. The van der Waals surface area contributed by atoms with Crippen LogP contribution in [-0.4, -0.2) is 13.1 Å². The summed E-state index contributed by atoms with van der Waals surface area (Å²) in [5.41, 5.74) is 8.27. The highest BCUT2D eigenvalue weighted by Crippen LogP contribution is 2.21. The first-order chi connectivity index (χ1) is 10.1. The number of benzene rings is 2. The van der Waals surface area contributed by atoms with E-state index in [2.05, 4.69) is 27.8 Å². The van der Waals surface area contributed by atoms with E-state index in [0.717, 1.165) is 35.2 Å². The molecule has 0 aliphatic carbocycles. The van der Waals surface area contributed by atoms with E-state index in [1.165, 1.54) is 6.07 Å². The number of nitrogens with two attached hydrogens (primary N) is 1. The Balaban J connectivity index is 2.00.